The van der Waals surface area contributed by atoms with Crippen molar-refractivity contribution in [3.05, 3.63) is 59.5 Å². The Balaban J connectivity index is 1.39. The van der Waals surface area contributed by atoms with E-state index in [1.54, 1.807) is 30.5 Å². The number of benzene rings is 1. The fraction of sp³-hybridized carbons (Fsp3) is 0.381. The molecule has 0 saturated heterocycles. The summed E-state index contributed by atoms with van der Waals surface area (Å²) in [6.45, 7) is 5.03. The van der Waals surface area contributed by atoms with Crippen LogP contribution in [0.25, 0.3) is 0 Å². The van der Waals surface area contributed by atoms with Gasteiger partial charge in [0, 0.05) is 32.8 Å². The van der Waals surface area contributed by atoms with Crippen LogP contribution in [0.4, 0.5) is 0 Å². The molecular weight excluding hydrogens is 372 g/mol. The van der Waals surface area contributed by atoms with Crippen LogP contribution in [0.1, 0.15) is 39.8 Å². The van der Waals surface area contributed by atoms with E-state index in [9.17, 15) is 9.59 Å². The molecule has 0 aliphatic carbocycles. The third-order valence-corrected chi connectivity index (χ3v) is 4.39. The van der Waals surface area contributed by atoms with E-state index < -0.39 is 0 Å². The normalized spacial score (nSPS) is 13.7. The van der Waals surface area contributed by atoms with E-state index in [-0.39, 0.29) is 18.4 Å². The van der Waals surface area contributed by atoms with Gasteiger partial charge in [0.1, 0.15) is 12.4 Å². The molecule has 0 radical (unpaired) electrons. The van der Waals surface area contributed by atoms with Crippen molar-refractivity contribution < 1.29 is 18.7 Å². The number of imide groups is 1. The van der Waals surface area contributed by atoms with Gasteiger partial charge in [0.15, 0.2) is 5.96 Å². The van der Waals surface area contributed by atoms with Gasteiger partial charge in [0.05, 0.1) is 17.4 Å². The van der Waals surface area contributed by atoms with Gasteiger partial charge in [0.25, 0.3) is 11.8 Å². The molecular formula is C21H26N4O4. The fourth-order valence-electron chi connectivity index (χ4n) is 3.00. The van der Waals surface area contributed by atoms with Gasteiger partial charge in [-0.25, -0.2) is 0 Å². The Kier molecular flexibility index (Phi) is 7.40. The van der Waals surface area contributed by atoms with Gasteiger partial charge in [-0.1, -0.05) is 12.1 Å². The van der Waals surface area contributed by atoms with Crippen molar-refractivity contribution in [1.82, 2.24) is 15.5 Å². The summed E-state index contributed by atoms with van der Waals surface area (Å²) in [5, 5.41) is 6.32. The monoisotopic (exact) mass is 398 g/mol. The second-order valence-corrected chi connectivity index (χ2v) is 6.48. The van der Waals surface area contributed by atoms with Crippen molar-refractivity contribution in [2.24, 2.45) is 4.99 Å². The first kappa shape index (κ1) is 20.6. The summed E-state index contributed by atoms with van der Waals surface area (Å²) >= 11 is 0. The largest absolute Gasteiger partial charge is 0.467 e. The lowest BCUT2D eigenvalue weighted by Crippen LogP contribution is -2.43. The lowest BCUT2D eigenvalue weighted by molar-refractivity contribution is 0.0657. The van der Waals surface area contributed by atoms with E-state index in [2.05, 4.69) is 15.6 Å². The highest BCUT2D eigenvalue weighted by Crippen LogP contribution is 2.21. The van der Waals surface area contributed by atoms with Gasteiger partial charge in [-0.15, -0.1) is 0 Å². The van der Waals surface area contributed by atoms with E-state index in [4.69, 9.17) is 9.15 Å². The number of rotatable bonds is 10. The van der Waals surface area contributed by atoms with E-state index in [0.29, 0.717) is 49.9 Å². The molecule has 8 nitrogen and oxygen atoms in total. The van der Waals surface area contributed by atoms with Crippen molar-refractivity contribution in [2.45, 2.75) is 20.0 Å². The maximum atomic E-state index is 12.4. The van der Waals surface area contributed by atoms with E-state index in [1.807, 2.05) is 19.1 Å². The molecule has 2 N–H and O–H groups in total. The van der Waals surface area contributed by atoms with E-state index >= 15 is 0 Å². The highest BCUT2D eigenvalue weighted by atomic mass is 16.5. The zero-order chi connectivity index (χ0) is 20.5. The van der Waals surface area contributed by atoms with Gasteiger partial charge in [-0.3, -0.25) is 19.5 Å². The average Bonchev–Trinajstić information content (AvgIpc) is 3.33. The Hall–Kier alpha value is -3.13. The third kappa shape index (κ3) is 5.45. The minimum atomic E-state index is -0.247. The number of carbonyl (C=O) groups is 2. The number of amides is 2. The van der Waals surface area contributed by atoms with Crippen molar-refractivity contribution >= 4 is 17.8 Å². The molecule has 154 valence electrons. The second kappa shape index (κ2) is 10.4. The quantitative estimate of drug-likeness (QED) is 0.275. The molecule has 1 aromatic carbocycles. The van der Waals surface area contributed by atoms with Crippen molar-refractivity contribution in [3.8, 4) is 0 Å². The number of hydrogen-bond donors (Lipinski definition) is 2. The summed E-state index contributed by atoms with van der Waals surface area (Å²) in [6.07, 6.45) is 2.40. The molecule has 2 heterocycles. The fourth-order valence-corrected chi connectivity index (χ4v) is 3.00. The average molecular weight is 398 g/mol. The Morgan fingerprint density at radius 1 is 1.10 bits per heavy atom. The van der Waals surface area contributed by atoms with Crippen LogP contribution < -0.4 is 10.6 Å². The summed E-state index contributed by atoms with van der Waals surface area (Å²) in [4.78, 5) is 30.5. The zero-order valence-electron chi connectivity index (χ0n) is 16.5. The number of guanidine groups is 1. The predicted molar refractivity (Wildman–Crippen MR) is 109 cm³/mol. The molecule has 0 spiro atoms. The van der Waals surface area contributed by atoms with Crippen LogP contribution in [0.5, 0.6) is 0 Å². The lowest BCUT2D eigenvalue weighted by Gasteiger charge is -2.16. The maximum absolute atomic E-state index is 12.4. The number of ether oxygens (including phenoxy) is 1. The van der Waals surface area contributed by atoms with Gasteiger partial charge in [-0.2, -0.15) is 0 Å². The van der Waals surface area contributed by atoms with Crippen molar-refractivity contribution in [2.75, 3.05) is 32.8 Å². The number of carbonyl (C=O) groups excluding carboxylic acids is 2. The molecule has 1 aromatic heterocycles. The maximum Gasteiger partial charge on any atom is 0.261 e. The summed E-state index contributed by atoms with van der Waals surface area (Å²) in [7, 11) is 0. The van der Waals surface area contributed by atoms with Crippen LogP contribution in [0.2, 0.25) is 0 Å². The molecule has 2 aromatic rings. The Labute approximate surface area is 169 Å². The summed E-state index contributed by atoms with van der Waals surface area (Å²) in [6, 6.07) is 10.6. The Bertz CT molecular complexity index is 813. The van der Waals surface area contributed by atoms with Crippen LogP contribution >= 0.6 is 0 Å². The number of hydrogen-bond acceptors (Lipinski definition) is 5. The molecule has 3 rings (SSSR count). The summed E-state index contributed by atoms with van der Waals surface area (Å²) in [5.41, 5.74) is 0.931. The molecule has 0 bridgehead atoms. The smallest absolute Gasteiger partial charge is 0.261 e. The van der Waals surface area contributed by atoms with E-state index in [1.165, 1.54) is 4.90 Å². The van der Waals surface area contributed by atoms with Crippen LogP contribution in [0.3, 0.4) is 0 Å². The minimum Gasteiger partial charge on any atom is -0.467 e. The van der Waals surface area contributed by atoms with Gasteiger partial charge in [-0.05, 0) is 37.6 Å². The zero-order valence-corrected chi connectivity index (χ0v) is 16.5. The molecule has 2 amide bonds. The second-order valence-electron chi connectivity index (χ2n) is 6.48. The van der Waals surface area contributed by atoms with Crippen molar-refractivity contribution in [3.63, 3.8) is 0 Å². The van der Waals surface area contributed by atoms with Gasteiger partial charge < -0.3 is 19.8 Å². The highest BCUT2D eigenvalue weighted by molar-refractivity contribution is 6.21. The highest BCUT2D eigenvalue weighted by Gasteiger charge is 2.34. The van der Waals surface area contributed by atoms with Gasteiger partial charge in [0.2, 0.25) is 0 Å². The number of furan rings is 1. The first-order chi connectivity index (χ1) is 14.2. The molecule has 8 heteroatoms. The Morgan fingerprint density at radius 3 is 2.52 bits per heavy atom. The molecule has 0 saturated carbocycles. The first-order valence-electron chi connectivity index (χ1n) is 9.78. The van der Waals surface area contributed by atoms with Gasteiger partial charge >= 0.3 is 0 Å². The summed E-state index contributed by atoms with van der Waals surface area (Å²) < 4.78 is 10.7. The van der Waals surface area contributed by atoms with Crippen LogP contribution in [-0.4, -0.2) is 55.5 Å². The standard InChI is InChI=1S/C21H26N4O4/c1-2-22-21(23-10-6-13-28-15-16-7-5-14-29-16)24-11-12-25-19(26)17-8-3-4-9-18(17)20(25)27/h3-5,7-9,14H,2,6,10-13,15H2,1H3,(H2,22,23,24). The molecule has 0 fully saturated rings. The summed E-state index contributed by atoms with van der Waals surface area (Å²) in [5.74, 6) is 0.956. The molecule has 1 aliphatic rings. The van der Waals surface area contributed by atoms with Crippen LogP contribution in [0, 0.1) is 0 Å². The van der Waals surface area contributed by atoms with E-state index in [0.717, 1.165) is 12.2 Å². The molecule has 29 heavy (non-hydrogen) atoms. The third-order valence-electron chi connectivity index (χ3n) is 4.39. The topological polar surface area (TPSA) is 96.2 Å². The number of aliphatic imine (C=N–C) groups is 1. The SMILES string of the molecule is CCNC(=NCCCOCc1ccco1)NCCN1C(=O)c2ccccc2C1=O. The molecule has 0 unspecified atom stereocenters. The predicted octanol–water partition coefficient (Wildman–Crippen LogP) is 2.04. The number of fused-ring (bicyclic) bond motifs is 1. The number of nitrogens with zero attached hydrogens (tertiary/aromatic N) is 2. The minimum absolute atomic E-state index is 0.247. The molecule has 1 aliphatic heterocycles. The lowest BCUT2D eigenvalue weighted by atomic mass is 10.1. The van der Waals surface area contributed by atoms with Crippen LogP contribution in [0.15, 0.2) is 52.1 Å². The Morgan fingerprint density at radius 2 is 1.86 bits per heavy atom. The first-order valence-corrected chi connectivity index (χ1v) is 9.78. The van der Waals surface area contributed by atoms with Crippen LogP contribution in [-0.2, 0) is 11.3 Å². The number of nitrogens with one attached hydrogen (secondary N) is 2. The van der Waals surface area contributed by atoms with Crippen molar-refractivity contribution in [1.29, 1.82) is 0 Å². The molecule has 0 atom stereocenters.